The molecule has 1 aromatic heterocycles. The summed E-state index contributed by atoms with van der Waals surface area (Å²) in [4.78, 5) is 19.1. The Morgan fingerprint density at radius 2 is 1.82 bits per heavy atom. The van der Waals surface area contributed by atoms with Crippen LogP contribution < -0.4 is 4.74 Å². The van der Waals surface area contributed by atoms with Crippen LogP contribution in [0.25, 0.3) is 10.9 Å². The smallest absolute Gasteiger partial charge is 0.410 e. The van der Waals surface area contributed by atoms with Crippen molar-refractivity contribution in [3.8, 4) is 5.88 Å². The fourth-order valence-corrected chi connectivity index (χ4v) is 5.59. The molecule has 3 N–H and O–H groups in total. The number of hydrogen-bond donors (Lipinski definition) is 3. The van der Waals surface area contributed by atoms with Gasteiger partial charge in [0.25, 0.3) is 0 Å². The molecular formula is C29H34Cl2N2O6. The lowest BCUT2D eigenvalue weighted by molar-refractivity contribution is -0.0951. The largest absolute Gasteiger partial charge is 0.481 e. The summed E-state index contributed by atoms with van der Waals surface area (Å²) in [5.41, 5.74) is -0.202. The molecule has 0 bridgehead atoms. The van der Waals surface area contributed by atoms with Gasteiger partial charge < -0.3 is 29.7 Å². The van der Waals surface area contributed by atoms with E-state index in [2.05, 4.69) is 4.98 Å². The van der Waals surface area contributed by atoms with Gasteiger partial charge in [-0.2, -0.15) is 0 Å². The average Bonchev–Trinajstić information content (AvgIpc) is 2.87. The molecular weight excluding hydrogens is 543 g/mol. The van der Waals surface area contributed by atoms with E-state index in [-0.39, 0.29) is 19.4 Å². The summed E-state index contributed by atoms with van der Waals surface area (Å²) in [7, 11) is 1.51. The summed E-state index contributed by atoms with van der Waals surface area (Å²) in [6.45, 7) is 4.76. The third-order valence-electron chi connectivity index (χ3n) is 7.02. The van der Waals surface area contributed by atoms with Crippen LogP contribution in [-0.4, -0.2) is 74.9 Å². The highest BCUT2D eigenvalue weighted by atomic mass is 35.5. The molecule has 0 aliphatic carbocycles. The zero-order chi connectivity index (χ0) is 28.5. The van der Waals surface area contributed by atoms with Crippen molar-refractivity contribution in [1.29, 1.82) is 0 Å². The predicted octanol–water partition coefficient (Wildman–Crippen LogP) is 5.17. The highest BCUT2D eigenvalue weighted by Crippen LogP contribution is 2.47. The number of benzene rings is 2. The van der Waals surface area contributed by atoms with Crippen molar-refractivity contribution < 1.29 is 29.6 Å². The van der Waals surface area contributed by atoms with E-state index in [4.69, 9.17) is 32.7 Å². The minimum atomic E-state index is -1.48. The van der Waals surface area contributed by atoms with Gasteiger partial charge >= 0.3 is 6.09 Å². The third kappa shape index (κ3) is 6.42. The van der Waals surface area contributed by atoms with Crippen molar-refractivity contribution >= 4 is 40.2 Å². The van der Waals surface area contributed by atoms with Crippen LogP contribution in [0.4, 0.5) is 4.79 Å². The molecule has 2 heterocycles. The summed E-state index contributed by atoms with van der Waals surface area (Å²) in [6, 6.07) is 13.4. The number of carbonyl (C=O) groups is 1. The number of methoxy groups -OCH3 is 1. The van der Waals surface area contributed by atoms with Crippen LogP contribution in [0.5, 0.6) is 5.88 Å². The zero-order valence-corrected chi connectivity index (χ0v) is 23.9. The molecule has 1 amide bonds. The van der Waals surface area contributed by atoms with E-state index < -0.39 is 42.0 Å². The molecule has 1 saturated heterocycles. The number of ether oxygens (including phenoxy) is 2. The highest BCUT2D eigenvalue weighted by molar-refractivity contribution is 6.31. The average molecular weight is 578 g/mol. The SMILES string of the molecule is COc1nc2ccc(Cl)cc2cc1C(c1ccc(Cl)cc1)C1(O)CCN(C(=O)OC(C)(C)C)C(C(O)CO)C1. The molecule has 0 spiro atoms. The third-order valence-corrected chi connectivity index (χ3v) is 7.51. The maximum absolute atomic E-state index is 13.1. The molecule has 210 valence electrons. The first-order chi connectivity index (χ1) is 18.3. The number of amides is 1. The molecule has 1 aliphatic heterocycles. The van der Waals surface area contributed by atoms with Crippen LogP contribution in [0.1, 0.15) is 50.7 Å². The first-order valence-electron chi connectivity index (χ1n) is 12.8. The Balaban J connectivity index is 1.84. The molecule has 2 aromatic carbocycles. The van der Waals surface area contributed by atoms with E-state index in [1.165, 1.54) is 12.0 Å². The topological polar surface area (TPSA) is 112 Å². The molecule has 10 heteroatoms. The Hall–Kier alpha value is -2.62. The van der Waals surface area contributed by atoms with E-state index in [1.54, 1.807) is 51.1 Å². The van der Waals surface area contributed by atoms with Gasteiger partial charge in [-0.3, -0.25) is 0 Å². The van der Waals surface area contributed by atoms with Crippen LogP contribution >= 0.6 is 23.2 Å². The summed E-state index contributed by atoms with van der Waals surface area (Å²) in [5, 5.41) is 34.9. The van der Waals surface area contributed by atoms with E-state index in [9.17, 15) is 20.1 Å². The van der Waals surface area contributed by atoms with Crippen molar-refractivity contribution in [2.75, 3.05) is 20.3 Å². The minimum absolute atomic E-state index is 0.0437. The number of likely N-dealkylation sites (tertiary alicyclic amines) is 1. The van der Waals surface area contributed by atoms with Gasteiger partial charge in [0, 0.05) is 39.9 Å². The van der Waals surface area contributed by atoms with Crippen LogP contribution in [0.15, 0.2) is 48.5 Å². The van der Waals surface area contributed by atoms with Gasteiger partial charge in [-0.15, -0.1) is 0 Å². The number of fused-ring (bicyclic) bond motifs is 1. The van der Waals surface area contributed by atoms with Crippen LogP contribution in [0.3, 0.4) is 0 Å². The van der Waals surface area contributed by atoms with Gasteiger partial charge in [-0.25, -0.2) is 9.78 Å². The number of aromatic nitrogens is 1. The summed E-state index contributed by atoms with van der Waals surface area (Å²) in [5.74, 6) is -0.359. The van der Waals surface area contributed by atoms with E-state index in [1.807, 2.05) is 18.2 Å². The first-order valence-corrected chi connectivity index (χ1v) is 13.5. The number of halogens is 2. The highest BCUT2D eigenvalue weighted by Gasteiger charge is 2.49. The van der Waals surface area contributed by atoms with Gasteiger partial charge in [-0.05, 0) is 69.2 Å². The second-order valence-corrected chi connectivity index (χ2v) is 11.8. The number of piperidine rings is 1. The molecule has 0 saturated carbocycles. The molecule has 0 radical (unpaired) electrons. The molecule has 3 aromatic rings. The van der Waals surface area contributed by atoms with Crippen molar-refractivity contribution in [3.63, 3.8) is 0 Å². The lowest BCUT2D eigenvalue weighted by atomic mass is 9.70. The van der Waals surface area contributed by atoms with Gasteiger partial charge in [0.15, 0.2) is 0 Å². The van der Waals surface area contributed by atoms with Crippen LogP contribution in [-0.2, 0) is 4.74 Å². The van der Waals surface area contributed by atoms with Crippen molar-refractivity contribution in [2.45, 2.75) is 62.9 Å². The number of rotatable bonds is 6. The number of nitrogens with zero attached hydrogens (tertiary/aromatic N) is 2. The molecule has 8 nitrogen and oxygen atoms in total. The van der Waals surface area contributed by atoms with Crippen LogP contribution in [0, 0.1) is 0 Å². The lowest BCUT2D eigenvalue weighted by Crippen LogP contribution is -2.60. The maximum atomic E-state index is 13.1. The number of aliphatic hydroxyl groups excluding tert-OH is 2. The maximum Gasteiger partial charge on any atom is 0.410 e. The predicted molar refractivity (Wildman–Crippen MR) is 151 cm³/mol. The first kappa shape index (κ1) is 29.4. The van der Waals surface area contributed by atoms with Gasteiger partial charge in [0.1, 0.15) is 5.60 Å². The molecule has 1 aliphatic rings. The molecule has 4 rings (SSSR count). The minimum Gasteiger partial charge on any atom is -0.481 e. The second-order valence-electron chi connectivity index (χ2n) is 11.0. The Morgan fingerprint density at radius 3 is 2.44 bits per heavy atom. The number of aliphatic hydroxyl groups is 3. The van der Waals surface area contributed by atoms with E-state index in [0.29, 0.717) is 27.0 Å². The number of carbonyl (C=O) groups excluding carboxylic acids is 1. The molecule has 4 atom stereocenters. The van der Waals surface area contributed by atoms with Crippen molar-refractivity contribution in [3.05, 3.63) is 69.7 Å². The van der Waals surface area contributed by atoms with Gasteiger partial charge in [0.05, 0.1) is 37.0 Å². The fraction of sp³-hybridized carbons (Fsp3) is 0.448. The Labute approximate surface area is 238 Å². The Morgan fingerprint density at radius 1 is 1.15 bits per heavy atom. The second kappa shape index (κ2) is 11.5. The lowest BCUT2D eigenvalue weighted by Gasteiger charge is -2.48. The van der Waals surface area contributed by atoms with Gasteiger partial charge in [-0.1, -0.05) is 35.3 Å². The van der Waals surface area contributed by atoms with Crippen molar-refractivity contribution in [1.82, 2.24) is 9.88 Å². The molecule has 1 fully saturated rings. The van der Waals surface area contributed by atoms with E-state index in [0.717, 1.165) is 10.9 Å². The van der Waals surface area contributed by atoms with Gasteiger partial charge in [0.2, 0.25) is 5.88 Å². The Bertz CT molecular complexity index is 1330. The Kier molecular flexibility index (Phi) is 8.64. The summed E-state index contributed by atoms with van der Waals surface area (Å²) in [6.07, 6.45) is -1.81. The quantitative estimate of drug-likeness (QED) is 0.371. The fourth-order valence-electron chi connectivity index (χ4n) is 5.28. The molecule has 39 heavy (non-hydrogen) atoms. The number of hydrogen-bond acceptors (Lipinski definition) is 7. The zero-order valence-electron chi connectivity index (χ0n) is 22.4. The standard InChI is InChI=1S/C29H34Cl2N2O6/c1-28(2,3)39-27(36)33-12-11-29(37,15-23(33)24(35)16-34)25(17-5-7-19(30)8-6-17)21-14-18-13-20(31)9-10-22(18)32-26(21)38-4/h5-10,13-14,23-25,34-35,37H,11-12,15-16H2,1-4H3. The number of pyridine rings is 1. The molecule has 4 unspecified atom stereocenters. The van der Waals surface area contributed by atoms with Crippen molar-refractivity contribution in [2.24, 2.45) is 0 Å². The summed E-state index contributed by atoms with van der Waals surface area (Å²) >= 11 is 12.5. The monoisotopic (exact) mass is 576 g/mol. The van der Waals surface area contributed by atoms with Crippen LogP contribution in [0.2, 0.25) is 10.0 Å². The summed E-state index contributed by atoms with van der Waals surface area (Å²) < 4.78 is 11.3. The van der Waals surface area contributed by atoms with E-state index >= 15 is 0 Å². The normalized spacial score (nSPS) is 21.5.